The molecule has 0 saturated heterocycles. The Hall–Kier alpha value is -1.13. The van der Waals surface area contributed by atoms with Gasteiger partial charge in [-0.25, -0.2) is 15.0 Å². The van der Waals surface area contributed by atoms with E-state index in [-0.39, 0.29) is 0 Å². The second-order valence-electron chi connectivity index (χ2n) is 2.96. The van der Waals surface area contributed by atoms with Crippen LogP contribution in [0.25, 0.3) is 0 Å². The van der Waals surface area contributed by atoms with Gasteiger partial charge >= 0.3 is 0 Å². The van der Waals surface area contributed by atoms with E-state index in [2.05, 4.69) is 15.0 Å². The van der Waals surface area contributed by atoms with E-state index in [1.165, 1.54) is 11.8 Å². The largest absolute Gasteiger partial charge is 0.248 e. The predicted molar refractivity (Wildman–Crippen MR) is 60.1 cm³/mol. The third kappa shape index (κ3) is 2.91. The van der Waals surface area contributed by atoms with E-state index in [1.807, 2.05) is 13.0 Å². The number of aromatic nitrogens is 3. The summed E-state index contributed by atoms with van der Waals surface area (Å²) in [7, 11) is 0. The Morgan fingerprint density at radius 2 is 1.80 bits per heavy atom. The summed E-state index contributed by atoms with van der Waals surface area (Å²) in [6.45, 7) is 1.95. The Morgan fingerprint density at radius 1 is 1.07 bits per heavy atom. The molecule has 2 aromatic rings. The van der Waals surface area contributed by atoms with Gasteiger partial charge < -0.3 is 0 Å². The normalized spacial score (nSPS) is 10.3. The summed E-state index contributed by atoms with van der Waals surface area (Å²) in [5.41, 5.74) is 1.04. The highest BCUT2D eigenvalue weighted by atomic mass is 35.5. The number of hydrogen-bond acceptors (Lipinski definition) is 4. The minimum Gasteiger partial charge on any atom is -0.248 e. The van der Waals surface area contributed by atoms with E-state index in [0.717, 1.165) is 10.6 Å². The lowest BCUT2D eigenvalue weighted by molar-refractivity contribution is 0.944. The van der Waals surface area contributed by atoms with Gasteiger partial charge in [0.05, 0.1) is 5.02 Å². The Morgan fingerprint density at radius 3 is 2.40 bits per heavy atom. The van der Waals surface area contributed by atoms with Crippen LogP contribution < -0.4 is 0 Å². The molecule has 0 atom stereocenters. The van der Waals surface area contributed by atoms with Crippen molar-refractivity contribution in [2.24, 2.45) is 0 Å². The molecule has 0 unspecified atom stereocenters. The van der Waals surface area contributed by atoms with Crippen LogP contribution in [0.5, 0.6) is 0 Å². The van der Waals surface area contributed by atoms with Gasteiger partial charge in [0.2, 0.25) is 0 Å². The van der Waals surface area contributed by atoms with Crippen LogP contribution in [0.1, 0.15) is 5.56 Å². The summed E-state index contributed by atoms with van der Waals surface area (Å²) in [6.07, 6.45) is 5.18. The van der Waals surface area contributed by atoms with Crippen LogP contribution in [0.2, 0.25) is 5.02 Å². The summed E-state index contributed by atoms with van der Waals surface area (Å²) in [4.78, 5) is 12.5. The van der Waals surface area contributed by atoms with Crippen LogP contribution >= 0.6 is 23.4 Å². The molecule has 0 spiro atoms. The van der Waals surface area contributed by atoms with Gasteiger partial charge in [0, 0.05) is 18.6 Å². The highest BCUT2D eigenvalue weighted by molar-refractivity contribution is 7.99. The molecule has 0 radical (unpaired) electrons. The summed E-state index contributed by atoms with van der Waals surface area (Å²) < 4.78 is 0. The number of rotatable bonds is 2. The van der Waals surface area contributed by atoms with Gasteiger partial charge in [-0.1, -0.05) is 11.6 Å². The number of hydrogen-bond donors (Lipinski definition) is 0. The third-order valence-electron chi connectivity index (χ3n) is 1.65. The molecule has 15 heavy (non-hydrogen) atoms. The minimum absolute atomic E-state index is 0.629. The van der Waals surface area contributed by atoms with E-state index in [4.69, 9.17) is 11.6 Å². The van der Waals surface area contributed by atoms with Crippen molar-refractivity contribution in [3.05, 3.63) is 41.3 Å². The monoisotopic (exact) mass is 237 g/mol. The van der Waals surface area contributed by atoms with Crippen LogP contribution in [-0.2, 0) is 0 Å². The number of aryl methyl sites for hydroxylation is 1. The first-order valence-corrected chi connectivity index (χ1v) is 5.51. The number of nitrogens with zero attached hydrogens (tertiary/aromatic N) is 3. The van der Waals surface area contributed by atoms with Gasteiger partial charge in [0.1, 0.15) is 5.03 Å². The van der Waals surface area contributed by atoms with Crippen molar-refractivity contribution in [2.75, 3.05) is 0 Å². The highest BCUT2D eigenvalue weighted by Gasteiger charge is 2.00. The zero-order chi connectivity index (χ0) is 10.7. The lowest BCUT2D eigenvalue weighted by atomic mass is 10.4. The summed E-state index contributed by atoms with van der Waals surface area (Å²) in [5, 5.41) is 2.16. The molecular weight excluding hydrogens is 230 g/mol. The van der Waals surface area contributed by atoms with Crippen LogP contribution in [0.15, 0.2) is 40.9 Å². The highest BCUT2D eigenvalue weighted by Crippen LogP contribution is 2.22. The predicted octanol–water partition coefficient (Wildman–Crippen LogP) is 2.98. The van der Waals surface area contributed by atoms with Crippen LogP contribution in [0.4, 0.5) is 0 Å². The molecule has 0 saturated carbocycles. The Kier molecular flexibility index (Phi) is 3.18. The van der Waals surface area contributed by atoms with Crippen molar-refractivity contribution < 1.29 is 0 Å². The van der Waals surface area contributed by atoms with Crippen molar-refractivity contribution in [2.45, 2.75) is 17.1 Å². The average Bonchev–Trinajstić information content (AvgIpc) is 2.25. The van der Waals surface area contributed by atoms with E-state index in [0.29, 0.717) is 10.2 Å². The minimum atomic E-state index is 0.629. The molecule has 76 valence electrons. The summed E-state index contributed by atoms with van der Waals surface area (Å²) in [6, 6.07) is 3.64. The van der Waals surface area contributed by atoms with Crippen LogP contribution in [0.3, 0.4) is 0 Å². The van der Waals surface area contributed by atoms with Crippen molar-refractivity contribution in [3.63, 3.8) is 0 Å². The van der Waals surface area contributed by atoms with Crippen LogP contribution in [0, 0.1) is 6.92 Å². The molecule has 0 aliphatic rings. The van der Waals surface area contributed by atoms with Gasteiger partial charge in [0.25, 0.3) is 0 Å². The van der Waals surface area contributed by atoms with Crippen molar-refractivity contribution in [1.82, 2.24) is 15.0 Å². The molecule has 2 heterocycles. The fraction of sp³-hybridized carbons (Fsp3) is 0.100. The Balaban J connectivity index is 2.15. The van der Waals surface area contributed by atoms with Crippen LogP contribution in [-0.4, -0.2) is 15.0 Å². The first kappa shape index (κ1) is 10.4. The first-order valence-electron chi connectivity index (χ1n) is 4.32. The molecule has 0 aliphatic carbocycles. The molecule has 0 amide bonds. The van der Waals surface area contributed by atoms with Gasteiger partial charge in [0.15, 0.2) is 5.16 Å². The van der Waals surface area contributed by atoms with E-state index < -0.39 is 0 Å². The third-order valence-corrected chi connectivity index (χ3v) is 2.72. The van der Waals surface area contributed by atoms with Gasteiger partial charge in [-0.3, -0.25) is 0 Å². The fourth-order valence-corrected chi connectivity index (χ4v) is 1.70. The SMILES string of the molecule is Cc1cnc(Sc2ccc(Cl)cn2)nc1. The van der Waals surface area contributed by atoms with Crippen molar-refractivity contribution >= 4 is 23.4 Å². The maximum atomic E-state index is 5.73. The van der Waals surface area contributed by atoms with Gasteiger partial charge in [-0.15, -0.1) is 0 Å². The molecule has 2 rings (SSSR count). The molecule has 2 aromatic heterocycles. The summed E-state index contributed by atoms with van der Waals surface area (Å²) in [5.74, 6) is 0. The lowest BCUT2D eigenvalue weighted by Gasteiger charge is -1.99. The Labute approximate surface area is 96.9 Å². The van der Waals surface area contributed by atoms with Crippen molar-refractivity contribution in [3.8, 4) is 0 Å². The second kappa shape index (κ2) is 4.59. The summed E-state index contributed by atoms with van der Waals surface area (Å²) >= 11 is 7.15. The van der Waals surface area contributed by atoms with E-state index >= 15 is 0 Å². The second-order valence-corrected chi connectivity index (χ2v) is 4.38. The molecule has 0 fully saturated rings. The first-order chi connectivity index (χ1) is 7.24. The quantitative estimate of drug-likeness (QED) is 0.753. The molecule has 5 heteroatoms. The van der Waals surface area contributed by atoms with Gasteiger partial charge in [-0.2, -0.15) is 0 Å². The zero-order valence-electron chi connectivity index (χ0n) is 8.01. The molecule has 0 bridgehead atoms. The molecular formula is C10H8ClN3S. The molecule has 0 aliphatic heterocycles. The smallest absolute Gasteiger partial charge is 0.193 e. The molecule has 3 nitrogen and oxygen atoms in total. The number of halogens is 1. The zero-order valence-corrected chi connectivity index (χ0v) is 9.59. The maximum Gasteiger partial charge on any atom is 0.193 e. The number of pyridine rings is 1. The maximum absolute atomic E-state index is 5.73. The fourth-order valence-electron chi connectivity index (χ4n) is 0.950. The topological polar surface area (TPSA) is 38.7 Å². The lowest BCUT2D eigenvalue weighted by Crippen LogP contribution is -1.87. The molecule has 0 N–H and O–H groups in total. The molecule has 0 aromatic carbocycles. The van der Waals surface area contributed by atoms with E-state index in [9.17, 15) is 0 Å². The average molecular weight is 238 g/mol. The van der Waals surface area contributed by atoms with Gasteiger partial charge in [-0.05, 0) is 36.4 Å². The Bertz CT molecular complexity index is 398. The standard InChI is InChI=1S/C10H8ClN3S/c1-7-4-13-10(14-5-7)15-9-3-2-8(11)6-12-9/h2-6H,1H3. The van der Waals surface area contributed by atoms with Crippen molar-refractivity contribution in [1.29, 1.82) is 0 Å². The van der Waals surface area contributed by atoms with E-state index in [1.54, 1.807) is 24.7 Å².